The van der Waals surface area contributed by atoms with Crippen molar-refractivity contribution in [2.24, 2.45) is 11.8 Å². The Labute approximate surface area is 111 Å². The molecule has 0 aliphatic rings. The fraction of sp³-hybridized carbons (Fsp3) is 0.600. The summed E-state index contributed by atoms with van der Waals surface area (Å²) < 4.78 is 0. The van der Waals surface area contributed by atoms with Crippen LogP contribution < -0.4 is 5.32 Å². The van der Waals surface area contributed by atoms with Gasteiger partial charge in [-0.15, -0.1) is 0 Å². The Balaban J connectivity index is 2.54. The zero-order valence-corrected chi connectivity index (χ0v) is 11.9. The van der Waals surface area contributed by atoms with E-state index in [0.717, 1.165) is 24.5 Å². The predicted molar refractivity (Wildman–Crippen MR) is 76.6 cm³/mol. The van der Waals surface area contributed by atoms with Crippen LogP contribution in [0, 0.1) is 11.8 Å². The lowest BCUT2D eigenvalue weighted by molar-refractivity contribution is 0.361. The fourth-order valence-electron chi connectivity index (χ4n) is 1.97. The van der Waals surface area contributed by atoms with E-state index in [4.69, 9.17) is 11.6 Å². The number of benzene rings is 1. The van der Waals surface area contributed by atoms with Crippen LogP contribution in [-0.4, -0.2) is 13.1 Å². The molecule has 0 radical (unpaired) electrons. The van der Waals surface area contributed by atoms with Gasteiger partial charge < -0.3 is 5.32 Å². The summed E-state index contributed by atoms with van der Waals surface area (Å²) in [5.41, 5.74) is 1.34. The molecule has 0 heterocycles. The molecule has 96 valence electrons. The van der Waals surface area contributed by atoms with Crippen LogP contribution >= 0.6 is 11.6 Å². The maximum atomic E-state index is 6.02. The highest BCUT2D eigenvalue weighted by Crippen LogP contribution is 2.19. The Morgan fingerprint density at radius 3 is 2.65 bits per heavy atom. The molecule has 1 aromatic rings. The first-order valence-corrected chi connectivity index (χ1v) is 6.96. The molecule has 1 nitrogen and oxygen atoms in total. The van der Waals surface area contributed by atoms with Crippen LogP contribution in [-0.2, 0) is 6.42 Å². The van der Waals surface area contributed by atoms with Gasteiger partial charge in [0, 0.05) is 5.02 Å². The molecule has 1 aromatic carbocycles. The highest BCUT2D eigenvalue weighted by molar-refractivity contribution is 6.30. The third kappa shape index (κ3) is 5.56. The van der Waals surface area contributed by atoms with E-state index in [9.17, 15) is 0 Å². The van der Waals surface area contributed by atoms with E-state index < -0.39 is 0 Å². The quantitative estimate of drug-likeness (QED) is 0.720. The Hall–Kier alpha value is -0.530. The molecule has 0 bridgehead atoms. The van der Waals surface area contributed by atoms with Gasteiger partial charge in [0.1, 0.15) is 0 Å². The molecule has 1 rings (SSSR count). The van der Waals surface area contributed by atoms with Gasteiger partial charge in [0.2, 0.25) is 0 Å². The average molecular weight is 254 g/mol. The van der Waals surface area contributed by atoms with Crippen molar-refractivity contribution < 1.29 is 0 Å². The monoisotopic (exact) mass is 253 g/mol. The lowest BCUT2D eigenvalue weighted by Gasteiger charge is -2.21. The van der Waals surface area contributed by atoms with E-state index in [1.54, 1.807) is 0 Å². The van der Waals surface area contributed by atoms with Gasteiger partial charge in [0.25, 0.3) is 0 Å². The molecule has 2 heteroatoms. The molecular formula is C15H24ClN. The predicted octanol–water partition coefficient (Wildman–Crippen LogP) is 4.15. The maximum Gasteiger partial charge on any atom is 0.0408 e. The van der Waals surface area contributed by atoms with Gasteiger partial charge in [-0.1, -0.05) is 44.5 Å². The zero-order valence-electron chi connectivity index (χ0n) is 11.2. The van der Waals surface area contributed by atoms with E-state index >= 15 is 0 Å². The highest BCUT2D eigenvalue weighted by Gasteiger charge is 2.13. The third-order valence-corrected chi connectivity index (χ3v) is 3.40. The van der Waals surface area contributed by atoms with Crippen LogP contribution in [0.15, 0.2) is 24.3 Å². The number of nitrogens with one attached hydrogen (secondary N) is 1. The molecule has 0 fully saturated rings. The van der Waals surface area contributed by atoms with Crippen molar-refractivity contribution in [3.05, 3.63) is 34.9 Å². The van der Waals surface area contributed by atoms with Crippen LogP contribution in [0.2, 0.25) is 5.02 Å². The minimum atomic E-state index is 0.681. The summed E-state index contributed by atoms with van der Waals surface area (Å²) in [5, 5.41) is 4.36. The van der Waals surface area contributed by atoms with Gasteiger partial charge in [0.15, 0.2) is 0 Å². The molecule has 0 saturated heterocycles. The van der Waals surface area contributed by atoms with Crippen molar-refractivity contribution in [3.8, 4) is 0 Å². The smallest absolute Gasteiger partial charge is 0.0408 e. The van der Waals surface area contributed by atoms with E-state index in [-0.39, 0.29) is 0 Å². The molecule has 1 atom stereocenters. The van der Waals surface area contributed by atoms with E-state index in [2.05, 4.69) is 38.2 Å². The third-order valence-electron chi connectivity index (χ3n) is 3.16. The first-order valence-electron chi connectivity index (χ1n) is 6.58. The first-order chi connectivity index (χ1) is 8.13. The van der Waals surface area contributed by atoms with Gasteiger partial charge in [-0.05, 0) is 55.5 Å². The second-order valence-electron chi connectivity index (χ2n) is 5.04. The summed E-state index contributed by atoms with van der Waals surface area (Å²) >= 11 is 6.02. The summed E-state index contributed by atoms with van der Waals surface area (Å²) in [6.45, 7) is 9.00. The second-order valence-corrected chi connectivity index (χ2v) is 5.48. The normalized spacial score (nSPS) is 13.0. The van der Waals surface area contributed by atoms with E-state index in [0.29, 0.717) is 11.8 Å². The largest absolute Gasteiger partial charge is 0.316 e. The van der Waals surface area contributed by atoms with Crippen molar-refractivity contribution in [3.63, 3.8) is 0 Å². The maximum absolute atomic E-state index is 6.02. The summed E-state index contributed by atoms with van der Waals surface area (Å²) in [6, 6.07) is 8.22. The second kappa shape index (κ2) is 7.73. The van der Waals surface area contributed by atoms with Gasteiger partial charge in [-0.2, -0.15) is 0 Å². The molecule has 0 aromatic heterocycles. The zero-order chi connectivity index (χ0) is 12.7. The number of halogens is 1. The lowest BCUT2D eigenvalue weighted by atomic mass is 9.89. The molecule has 1 N–H and O–H groups in total. The molecule has 0 aliphatic heterocycles. The minimum Gasteiger partial charge on any atom is -0.316 e. The fourth-order valence-corrected chi connectivity index (χ4v) is 2.19. The van der Waals surface area contributed by atoms with Crippen LogP contribution in [0.4, 0.5) is 0 Å². The molecule has 0 saturated carbocycles. The first kappa shape index (κ1) is 14.5. The van der Waals surface area contributed by atoms with Crippen LogP contribution in [0.3, 0.4) is 0 Å². The molecule has 0 spiro atoms. The van der Waals surface area contributed by atoms with Gasteiger partial charge >= 0.3 is 0 Å². The van der Waals surface area contributed by atoms with Crippen LogP contribution in [0.1, 0.15) is 32.8 Å². The number of hydrogen-bond donors (Lipinski definition) is 1. The van der Waals surface area contributed by atoms with E-state index in [1.807, 2.05) is 12.1 Å². The van der Waals surface area contributed by atoms with Crippen LogP contribution in [0.5, 0.6) is 0 Å². The summed E-state index contributed by atoms with van der Waals surface area (Å²) in [6.07, 6.45) is 2.30. The molecule has 17 heavy (non-hydrogen) atoms. The topological polar surface area (TPSA) is 12.0 Å². The minimum absolute atomic E-state index is 0.681. The Morgan fingerprint density at radius 1 is 1.29 bits per heavy atom. The Bertz CT molecular complexity index is 322. The number of hydrogen-bond acceptors (Lipinski definition) is 1. The standard InChI is InChI=1S/C15H24ClN/c1-4-8-17-11-14(12(2)3)9-13-6-5-7-15(16)10-13/h5-7,10,12,14,17H,4,8-9,11H2,1-3H3. The molecule has 0 aliphatic carbocycles. The molecule has 1 unspecified atom stereocenters. The van der Waals surface area contributed by atoms with Gasteiger partial charge in [-0.3, -0.25) is 0 Å². The van der Waals surface area contributed by atoms with Crippen molar-refractivity contribution in [1.82, 2.24) is 5.32 Å². The van der Waals surface area contributed by atoms with E-state index in [1.165, 1.54) is 12.0 Å². The van der Waals surface area contributed by atoms with Crippen molar-refractivity contribution in [2.45, 2.75) is 33.6 Å². The van der Waals surface area contributed by atoms with Crippen molar-refractivity contribution in [1.29, 1.82) is 0 Å². The SMILES string of the molecule is CCCNCC(Cc1cccc(Cl)c1)C(C)C. The van der Waals surface area contributed by atoms with Crippen molar-refractivity contribution in [2.75, 3.05) is 13.1 Å². The molecular weight excluding hydrogens is 230 g/mol. The lowest BCUT2D eigenvalue weighted by Crippen LogP contribution is -2.28. The summed E-state index contributed by atoms with van der Waals surface area (Å²) in [4.78, 5) is 0. The molecule has 0 amide bonds. The van der Waals surface area contributed by atoms with Gasteiger partial charge in [-0.25, -0.2) is 0 Å². The summed E-state index contributed by atoms with van der Waals surface area (Å²) in [5.74, 6) is 1.37. The number of rotatable bonds is 7. The van der Waals surface area contributed by atoms with Crippen LogP contribution in [0.25, 0.3) is 0 Å². The Morgan fingerprint density at radius 2 is 2.06 bits per heavy atom. The van der Waals surface area contributed by atoms with Gasteiger partial charge in [0.05, 0.1) is 0 Å². The highest BCUT2D eigenvalue weighted by atomic mass is 35.5. The van der Waals surface area contributed by atoms with Crippen molar-refractivity contribution >= 4 is 11.6 Å². The Kier molecular flexibility index (Phi) is 6.61. The average Bonchev–Trinajstić information content (AvgIpc) is 2.28. The summed E-state index contributed by atoms with van der Waals surface area (Å²) in [7, 11) is 0.